The molecule has 1 heterocycles. The average molecular weight is 673 g/mol. The Morgan fingerprint density at radius 2 is 0.774 bits per heavy atom. The van der Waals surface area contributed by atoms with Crippen LogP contribution in [0.5, 0.6) is 0 Å². The van der Waals surface area contributed by atoms with Crippen LogP contribution in [0.4, 0.5) is 0 Å². The fraction of sp³-hybridized carbons (Fsp3) is 0. The molecule has 0 bridgehead atoms. The van der Waals surface area contributed by atoms with Gasteiger partial charge in [-0.2, -0.15) is 5.26 Å². The summed E-state index contributed by atoms with van der Waals surface area (Å²) >= 11 is 0. The molecule has 0 unspecified atom stereocenters. The molecule has 53 heavy (non-hydrogen) atoms. The number of rotatable bonds is 5. The van der Waals surface area contributed by atoms with Gasteiger partial charge in [-0.3, -0.25) is 0 Å². The van der Waals surface area contributed by atoms with Crippen LogP contribution in [0.25, 0.3) is 93.5 Å². The number of aromatic nitrogens is 1. The molecule has 0 radical (unpaired) electrons. The lowest BCUT2D eigenvalue weighted by atomic mass is 9.85. The summed E-state index contributed by atoms with van der Waals surface area (Å²) in [6.07, 6.45) is 0. The number of benzene rings is 9. The van der Waals surface area contributed by atoms with Crippen LogP contribution in [-0.2, 0) is 0 Å². The zero-order valence-electron chi connectivity index (χ0n) is 28.9. The van der Waals surface area contributed by atoms with E-state index in [2.05, 4.69) is 193 Å². The highest BCUT2D eigenvalue weighted by Crippen LogP contribution is 2.45. The minimum absolute atomic E-state index is 0.630. The van der Waals surface area contributed by atoms with Crippen LogP contribution in [0, 0.1) is 11.3 Å². The Hall–Kier alpha value is -7.21. The van der Waals surface area contributed by atoms with Crippen LogP contribution >= 0.6 is 0 Å². The van der Waals surface area contributed by atoms with Crippen molar-refractivity contribution in [1.29, 1.82) is 5.26 Å². The number of fused-ring (bicyclic) bond motifs is 5. The van der Waals surface area contributed by atoms with E-state index in [1.807, 2.05) is 12.1 Å². The predicted molar refractivity (Wildman–Crippen MR) is 222 cm³/mol. The van der Waals surface area contributed by atoms with Gasteiger partial charge in [0.1, 0.15) is 0 Å². The van der Waals surface area contributed by atoms with Crippen molar-refractivity contribution in [2.75, 3.05) is 0 Å². The summed E-state index contributed by atoms with van der Waals surface area (Å²) in [5, 5.41) is 17.4. The van der Waals surface area contributed by atoms with E-state index < -0.39 is 0 Å². The molecule has 0 N–H and O–H groups in total. The van der Waals surface area contributed by atoms with E-state index in [0.717, 1.165) is 39.0 Å². The topological polar surface area (TPSA) is 28.7 Å². The van der Waals surface area contributed by atoms with Crippen molar-refractivity contribution in [3.8, 4) is 56.3 Å². The van der Waals surface area contributed by atoms with Gasteiger partial charge in [-0.25, -0.2) is 0 Å². The third kappa shape index (κ3) is 4.94. The van der Waals surface area contributed by atoms with Gasteiger partial charge in [0.15, 0.2) is 0 Å². The molecule has 10 rings (SSSR count). The Balaban J connectivity index is 1.15. The third-order valence-corrected chi connectivity index (χ3v) is 10.6. The lowest BCUT2D eigenvalue weighted by molar-refractivity contribution is 1.18. The summed E-state index contributed by atoms with van der Waals surface area (Å²) in [6.45, 7) is 0. The lowest BCUT2D eigenvalue weighted by Gasteiger charge is -2.19. The van der Waals surface area contributed by atoms with Crippen LogP contribution in [-0.4, -0.2) is 4.57 Å². The molecule has 1 aromatic heterocycles. The number of hydrogen-bond acceptors (Lipinski definition) is 1. The summed E-state index contributed by atoms with van der Waals surface area (Å²) in [6, 6.07) is 71.5. The SMILES string of the molecule is N#Cc1ccc(-c2ccccc2-c2ccc(-c3c4ccccc4c(-c4ccccc4)c4ccccc34)cc2)c(-n2c3ccccc3c3ccccc32)c1. The molecule has 246 valence electrons. The van der Waals surface area contributed by atoms with E-state index >= 15 is 0 Å². The second kappa shape index (κ2) is 12.5. The van der Waals surface area contributed by atoms with Crippen molar-refractivity contribution >= 4 is 43.4 Å². The van der Waals surface area contributed by atoms with Crippen molar-refractivity contribution in [2.24, 2.45) is 0 Å². The molecule has 0 amide bonds. The Labute approximate surface area is 308 Å². The highest BCUT2D eigenvalue weighted by atomic mass is 15.0. The Morgan fingerprint density at radius 1 is 0.340 bits per heavy atom. The molecule has 0 aliphatic heterocycles. The molecule has 0 aliphatic carbocycles. The molecule has 0 fully saturated rings. The van der Waals surface area contributed by atoms with Gasteiger partial charge in [0, 0.05) is 16.3 Å². The minimum Gasteiger partial charge on any atom is -0.309 e. The van der Waals surface area contributed by atoms with Gasteiger partial charge in [0.25, 0.3) is 0 Å². The van der Waals surface area contributed by atoms with E-state index in [1.165, 1.54) is 54.6 Å². The fourth-order valence-corrected chi connectivity index (χ4v) is 8.34. The molecule has 0 atom stereocenters. The molecule has 9 aromatic carbocycles. The minimum atomic E-state index is 0.630. The van der Waals surface area contributed by atoms with Gasteiger partial charge >= 0.3 is 0 Å². The van der Waals surface area contributed by atoms with Crippen LogP contribution in [0.3, 0.4) is 0 Å². The number of nitriles is 1. The van der Waals surface area contributed by atoms with Crippen molar-refractivity contribution in [2.45, 2.75) is 0 Å². The van der Waals surface area contributed by atoms with Crippen LogP contribution in [0.2, 0.25) is 0 Å². The summed E-state index contributed by atoms with van der Waals surface area (Å²) in [4.78, 5) is 0. The quantitative estimate of drug-likeness (QED) is 0.167. The first-order chi connectivity index (χ1) is 26.3. The van der Waals surface area contributed by atoms with Crippen LogP contribution in [0.1, 0.15) is 5.56 Å². The zero-order chi connectivity index (χ0) is 35.3. The van der Waals surface area contributed by atoms with Crippen LogP contribution in [0.15, 0.2) is 194 Å². The van der Waals surface area contributed by atoms with Gasteiger partial charge in [-0.1, -0.05) is 170 Å². The highest BCUT2D eigenvalue weighted by Gasteiger charge is 2.19. The van der Waals surface area contributed by atoms with Gasteiger partial charge in [0.05, 0.1) is 28.4 Å². The third-order valence-electron chi connectivity index (χ3n) is 10.6. The first-order valence-electron chi connectivity index (χ1n) is 18.0. The van der Waals surface area contributed by atoms with E-state index in [4.69, 9.17) is 0 Å². The molecule has 2 nitrogen and oxygen atoms in total. The van der Waals surface area contributed by atoms with Crippen molar-refractivity contribution in [3.63, 3.8) is 0 Å². The van der Waals surface area contributed by atoms with E-state index in [-0.39, 0.29) is 0 Å². The maximum atomic E-state index is 10.0. The normalized spacial score (nSPS) is 11.4. The average Bonchev–Trinajstić information content (AvgIpc) is 3.57. The fourth-order valence-electron chi connectivity index (χ4n) is 8.34. The predicted octanol–water partition coefficient (Wildman–Crippen LogP) is 13.6. The van der Waals surface area contributed by atoms with Gasteiger partial charge in [-0.05, 0) is 84.8 Å². The summed E-state index contributed by atoms with van der Waals surface area (Å²) < 4.78 is 2.32. The summed E-state index contributed by atoms with van der Waals surface area (Å²) in [7, 11) is 0. The highest BCUT2D eigenvalue weighted by molar-refractivity contribution is 6.21. The zero-order valence-corrected chi connectivity index (χ0v) is 28.9. The Morgan fingerprint density at radius 3 is 1.32 bits per heavy atom. The summed E-state index contributed by atoms with van der Waals surface area (Å²) in [5.74, 6) is 0. The number of nitrogens with zero attached hydrogens (tertiary/aromatic N) is 2. The van der Waals surface area contributed by atoms with Gasteiger partial charge in [0.2, 0.25) is 0 Å². The van der Waals surface area contributed by atoms with E-state index in [9.17, 15) is 5.26 Å². The number of para-hydroxylation sites is 2. The van der Waals surface area contributed by atoms with Crippen molar-refractivity contribution in [1.82, 2.24) is 4.57 Å². The standard InChI is InChI=1S/C51H32N2/c52-33-34-26-31-42(49(32-34)53-47-24-12-10-18-40(47)41-19-11-13-25-48(41)53)39-17-5-4-16-38(39)35-27-29-37(30-28-35)51-45-22-8-6-20-43(45)50(36-14-2-1-3-15-36)44-21-7-9-23-46(44)51/h1-32H. The second-order valence-electron chi connectivity index (χ2n) is 13.5. The molecule has 2 heteroatoms. The molecule has 0 saturated carbocycles. The maximum Gasteiger partial charge on any atom is 0.0992 e. The van der Waals surface area contributed by atoms with E-state index in [0.29, 0.717) is 5.56 Å². The smallest absolute Gasteiger partial charge is 0.0992 e. The Bertz CT molecular complexity index is 2940. The Kier molecular flexibility index (Phi) is 7.23. The molecule has 0 aliphatic rings. The first kappa shape index (κ1) is 30.6. The van der Waals surface area contributed by atoms with E-state index in [1.54, 1.807) is 0 Å². The van der Waals surface area contributed by atoms with Gasteiger partial charge < -0.3 is 4.57 Å². The van der Waals surface area contributed by atoms with Crippen molar-refractivity contribution in [3.05, 3.63) is 200 Å². The van der Waals surface area contributed by atoms with Gasteiger partial charge in [-0.15, -0.1) is 0 Å². The second-order valence-corrected chi connectivity index (χ2v) is 13.5. The molecule has 10 aromatic rings. The van der Waals surface area contributed by atoms with Crippen molar-refractivity contribution < 1.29 is 0 Å². The van der Waals surface area contributed by atoms with Crippen LogP contribution < -0.4 is 0 Å². The first-order valence-corrected chi connectivity index (χ1v) is 18.0. The summed E-state index contributed by atoms with van der Waals surface area (Å²) in [5.41, 5.74) is 13.2. The monoisotopic (exact) mass is 672 g/mol. The molecular formula is C51H32N2. The number of hydrogen-bond donors (Lipinski definition) is 0. The maximum absolute atomic E-state index is 10.0. The lowest BCUT2D eigenvalue weighted by Crippen LogP contribution is -1.99. The largest absolute Gasteiger partial charge is 0.309 e. The molecular weight excluding hydrogens is 641 g/mol. The molecule has 0 spiro atoms. The molecule has 0 saturated heterocycles.